The van der Waals surface area contributed by atoms with E-state index in [4.69, 9.17) is 0 Å². The van der Waals surface area contributed by atoms with Crippen LogP contribution >= 0.6 is 22.7 Å². The van der Waals surface area contributed by atoms with Gasteiger partial charge >= 0.3 is 0 Å². The minimum Gasteiger partial charge on any atom is -0.327 e. The quantitative estimate of drug-likeness (QED) is 0.864. The minimum absolute atomic E-state index is 0.217. The highest BCUT2D eigenvalue weighted by Gasteiger charge is 2.28. The standard InChI is InChI=1S/C17H17NOS2/c1-2-18-11-13(9-15-5-3-7-20-15)17(19)14(12-18)10-16-6-4-8-21-16/h3-10H,2,11-12H2,1H3/p+1/b13-9-,14-10+. The van der Waals surface area contributed by atoms with E-state index in [9.17, 15) is 4.79 Å². The fraction of sp³-hybridized carbons (Fsp3) is 0.235. The summed E-state index contributed by atoms with van der Waals surface area (Å²) in [7, 11) is 0. The molecule has 21 heavy (non-hydrogen) atoms. The van der Waals surface area contributed by atoms with Gasteiger partial charge in [-0.15, -0.1) is 22.7 Å². The number of carbonyl (C=O) groups excluding carboxylic acids is 1. The zero-order valence-corrected chi connectivity index (χ0v) is 13.6. The Hall–Kier alpha value is -1.49. The van der Waals surface area contributed by atoms with E-state index in [-0.39, 0.29) is 5.78 Å². The van der Waals surface area contributed by atoms with Crippen molar-refractivity contribution in [3.05, 3.63) is 55.9 Å². The van der Waals surface area contributed by atoms with Gasteiger partial charge in [-0.25, -0.2) is 0 Å². The summed E-state index contributed by atoms with van der Waals surface area (Å²) in [5, 5.41) is 4.10. The van der Waals surface area contributed by atoms with Gasteiger partial charge in [0, 0.05) is 9.75 Å². The Morgan fingerprint density at radius 1 is 1.05 bits per heavy atom. The van der Waals surface area contributed by atoms with Crippen molar-refractivity contribution in [2.45, 2.75) is 6.92 Å². The highest BCUT2D eigenvalue weighted by molar-refractivity contribution is 7.11. The van der Waals surface area contributed by atoms with Crippen LogP contribution < -0.4 is 4.90 Å². The zero-order chi connectivity index (χ0) is 14.7. The van der Waals surface area contributed by atoms with Crippen LogP contribution in [0.2, 0.25) is 0 Å². The summed E-state index contributed by atoms with van der Waals surface area (Å²) in [5.41, 5.74) is 1.87. The van der Waals surface area contributed by atoms with Gasteiger partial charge in [0.15, 0.2) is 5.78 Å². The number of Topliss-reactive ketones (excluding diaryl/α,β-unsaturated/α-hetero) is 1. The average Bonchev–Trinajstić information content (AvgIpc) is 3.16. The molecule has 0 spiro atoms. The molecule has 0 aliphatic carbocycles. The molecule has 1 saturated heterocycles. The molecule has 0 saturated carbocycles. The van der Waals surface area contributed by atoms with Gasteiger partial charge in [-0.1, -0.05) is 12.1 Å². The molecule has 1 fully saturated rings. The summed E-state index contributed by atoms with van der Waals surface area (Å²) in [5.74, 6) is 0.217. The summed E-state index contributed by atoms with van der Waals surface area (Å²) < 4.78 is 0. The van der Waals surface area contributed by atoms with Crippen molar-refractivity contribution in [2.75, 3.05) is 19.6 Å². The summed E-state index contributed by atoms with van der Waals surface area (Å²) >= 11 is 3.36. The van der Waals surface area contributed by atoms with Crippen LogP contribution in [0.4, 0.5) is 0 Å². The first-order valence-corrected chi connectivity index (χ1v) is 8.88. The zero-order valence-electron chi connectivity index (χ0n) is 12.0. The van der Waals surface area contributed by atoms with Crippen LogP contribution in [-0.4, -0.2) is 25.4 Å². The number of piperidine rings is 1. The third kappa shape index (κ3) is 3.40. The Labute approximate surface area is 133 Å². The Morgan fingerprint density at radius 2 is 1.57 bits per heavy atom. The number of nitrogens with one attached hydrogen (secondary N) is 1. The molecule has 0 radical (unpaired) electrons. The van der Waals surface area contributed by atoms with Crippen molar-refractivity contribution in [1.82, 2.24) is 0 Å². The van der Waals surface area contributed by atoms with E-state index in [1.165, 1.54) is 4.90 Å². The van der Waals surface area contributed by atoms with Gasteiger partial charge in [0.2, 0.25) is 0 Å². The molecule has 0 aromatic carbocycles. The lowest BCUT2D eigenvalue weighted by Crippen LogP contribution is -3.13. The van der Waals surface area contributed by atoms with Crippen LogP contribution in [0.25, 0.3) is 12.2 Å². The molecule has 3 heterocycles. The third-order valence-electron chi connectivity index (χ3n) is 3.68. The number of hydrogen-bond acceptors (Lipinski definition) is 3. The second-order valence-corrected chi connectivity index (χ2v) is 7.11. The fourth-order valence-electron chi connectivity index (χ4n) is 2.54. The molecule has 0 amide bonds. The first-order chi connectivity index (χ1) is 10.3. The van der Waals surface area contributed by atoms with Crippen molar-refractivity contribution in [2.24, 2.45) is 0 Å². The molecule has 1 aliphatic rings. The van der Waals surface area contributed by atoms with Crippen LogP contribution in [0.15, 0.2) is 46.2 Å². The second kappa shape index (κ2) is 6.52. The molecule has 4 heteroatoms. The molecular weight excluding hydrogens is 298 g/mol. The monoisotopic (exact) mass is 316 g/mol. The Kier molecular flexibility index (Phi) is 4.48. The highest BCUT2D eigenvalue weighted by atomic mass is 32.1. The van der Waals surface area contributed by atoms with E-state index in [1.807, 2.05) is 22.9 Å². The molecule has 2 aromatic heterocycles. The summed E-state index contributed by atoms with van der Waals surface area (Å²) in [4.78, 5) is 16.5. The predicted molar refractivity (Wildman–Crippen MR) is 90.8 cm³/mol. The highest BCUT2D eigenvalue weighted by Crippen LogP contribution is 2.20. The van der Waals surface area contributed by atoms with Crippen LogP contribution in [0.5, 0.6) is 0 Å². The number of quaternary nitrogens is 1. The van der Waals surface area contributed by atoms with E-state index >= 15 is 0 Å². The van der Waals surface area contributed by atoms with Gasteiger partial charge in [0.25, 0.3) is 0 Å². The normalized spacial score (nSPS) is 23.1. The molecule has 1 atom stereocenters. The van der Waals surface area contributed by atoms with Crippen molar-refractivity contribution < 1.29 is 9.69 Å². The molecule has 2 nitrogen and oxygen atoms in total. The summed E-state index contributed by atoms with van der Waals surface area (Å²) in [6, 6.07) is 8.18. The largest absolute Gasteiger partial charge is 0.327 e. The van der Waals surface area contributed by atoms with Gasteiger partial charge in [0.1, 0.15) is 13.1 Å². The molecule has 3 rings (SSSR count). The first-order valence-electron chi connectivity index (χ1n) is 7.12. The number of carbonyl (C=O) groups is 1. The van der Waals surface area contributed by atoms with Gasteiger partial charge < -0.3 is 4.90 Å². The van der Waals surface area contributed by atoms with Crippen LogP contribution in [0.1, 0.15) is 16.7 Å². The molecule has 1 aliphatic heterocycles. The maximum atomic E-state index is 12.7. The minimum atomic E-state index is 0.217. The van der Waals surface area contributed by atoms with E-state index in [2.05, 4.69) is 31.2 Å². The first kappa shape index (κ1) is 14.4. The second-order valence-electron chi connectivity index (χ2n) is 5.16. The van der Waals surface area contributed by atoms with E-state index in [1.54, 1.807) is 22.7 Å². The van der Waals surface area contributed by atoms with E-state index in [0.29, 0.717) is 0 Å². The van der Waals surface area contributed by atoms with E-state index in [0.717, 1.165) is 40.5 Å². The third-order valence-corrected chi connectivity index (χ3v) is 5.32. The lowest BCUT2D eigenvalue weighted by Gasteiger charge is -2.25. The van der Waals surface area contributed by atoms with Crippen molar-refractivity contribution in [3.63, 3.8) is 0 Å². The number of likely N-dealkylation sites (tertiary alicyclic amines) is 1. The number of rotatable bonds is 3. The van der Waals surface area contributed by atoms with Crippen LogP contribution in [0, 0.1) is 0 Å². The number of ketones is 1. The molecule has 2 aromatic rings. The number of thiophene rings is 2. The molecule has 0 bridgehead atoms. The van der Waals surface area contributed by atoms with Crippen molar-refractivity contribution >= 4 is 40.6 Å². The topological polar surface area (TPSA) is 21.5 Å². The number of hydrogen-bond donors (Lipinski definition) is 1. The Bertz CT molecular complexity index is 609. The maximum absolute atomic E-state index is 12.7. The fourth-order valence-corrected chi connectivity index (χ4v) is 3.90. The maximum Gasteiger partial charge on any atom is 0.196 e. The Balaban J connectivity index is 1.93. The van der Waals surface area contributed by atoms with Crippen molar-refractivity contribution in [1.29, 1.82) is 0 Å². The molecular formula is C17H18NOS2+. The SMILES string of the molecule is CC[NH+]1C/C(=C/c2cccs2)C(=O)/C(=C/c2cccs2)C1. The van der Waals surface area contributed by atoms with Gasteiger partial charge in [-0.05, 0) is 42.0 Å². The van der Waals surface area contributed by atoms with Crippen LogP contribution in [-0.2, 0) is 4.79 Å². The van der Waals surface area contributed by atoms with E-state index < -0.39 is 0 Å². The van der Waals surface area contributed by atoms with Gasteiger partial charge in [-0.3, -0.25) is 4.79 Å². The Morgan fingerprint density at radius 3 is 1.95 bits per heavy atom. The lowest BCUT2D eigenvalue weighted by atomic mass is 9.96. The lowest BCUT2D eigenvalue weighted by molar-refractivity contribution is -0.889. The smallest absolute Gasteiger partial charge is 0.196 e. The number of likely N-dealkylation sites (N-methyl/N-ethyl adjacent to an activating group) is 1. The molecule has 108 valence electrons. The molecule has 1 unspecified atom stereocenters. The molecule has 1 N–H and O–H groups in total. The summed E-state index contributed by atoms with van der Waals surface area (Å²) in [6.07, 6.45) is 4.12. The van der Waals surface area contributed by atoms with Gasteiger partial charge in [0.05, 0.1) is 17.7 Å². The van der Waals surface area contributed by atoms with Gasteiger partial charge in [-0.2, -0.15) is 0 Å². The van der Waals surface area contributed by atoms with Crippen LogP contribution in [0.3, 0.4) is 0 Å². The van der Waals surface area contributed by atoms with Crippen molar-refractivity contribution in [3.8, 4) is 0 Å². The average molecular weight is 316 g/mol. The summed E-state index contributed by atoms with van der Waals surface area (Å²) in [6.45, 7) is 4.87. The predicted octanol–water partition coefficient (Wildman–Crippen LogP) is 2.76.